The number of benzene rings is 2. The van der Waals surface area contributed by atoms with Crippen molar-refractivity contribution < 1.29 is 9.53 Å². The van der Waals surface area contributed by atoms with E-state index in [-0.39, 0.29) is 5.97 Å². The number of ether oxygens (including phenoxy) is 1. The Morgan fingerprint density at radius 2 is 1.48 bits per heavy atom. The van der Waals surface area contributed by atoms with Crippen molar-refractivity contribution in [1.29, 1.82) is 0 Å². The van der Waals surface area contributed by atoms with Gasteiger partial charge < -0.3 is 15.4 Å². The van der Waals surface area contributed by atoms with Crippen molar-refractivity contribution in [1.82, 2.24) is 9.97 Å². The summed E-state index contributed by atoms with van der Waals surface area (Å²) in [6.07, 6.45) is 0. The lowest BCUT2D eigenvalue weighted by Crippen LogP contribution is -2.04. The van der Waals surface area contributed by atoms with E-state index in [9.17, 15) is 4.79 Å². The third-order valence-corrected chi connectivity index (χ3v) is 3.89. The van der Waals surface area contributed by atoms with Crippen LogP contribution in [0.4, 0.5) is 23.0 Å². The molecule has 1 aromatic heterocycles. The Kier molecular flexibility index (Phi) is 5.35. The largest absolute Gasteiger partial charge is 0.465 e. The van der Waals surface area contributed by atoms with Gasteiger partial charge in [0, 0.05) is 17.4 Å². The van der Waals surface area contributed by atoms with E-state index in [1.54, 1.807) is 18.2 Å². The Morgan fingerprint density at radius 3 is 2.11 bits per heavy atom. The molecule has 0 aliphatic carbocycles. The Morgan fingerprint density at radius 1 is 0.852 bits per heavy atom. The molecule has 0 radical (unpaired) electrons. The zero-order valence-corrected chi connectivity index (χ0v) is 15.8. The highest BCUT2D eigenvalue weighted by Gasteiger charge is 2.08. The van der Waals surface area contributed by atoms with E-state index in [1.807, 2.05) is 19.1 Å². The molecular formula is C21H22N4O2. The Bertz CT molecular complexity index is 965. The van der Waals surface area contributed by atoms with Crippen LogP contribution in [0, 0.1) is 20.8 Å². The van der Waals surface area contributed by atoms with E-state index < -0.39 is 0 Å². The quantitative estimate of drug-likeness (QED) is 0.642. The SMILES string of the molecule is COC(=O)c1cccc(Nc2cc(Nc3cc(C)cc(C)c3)nc(C)n2)c1. The van der Waals surface area contributed by atoms with Gasteiger partial charge in [-0.25, -0.2) is 14.8 Å². The number of methoxy groups -OCH3 is 1. The van der Waals surface area contributed by atoms with Gasteiger partial charge in [-0.15, -0.1) is 0 Å². The maximum Gasteiger partial charge on any atom is 0.337 e. The lowest BCUT2D eigenvalue weighted by Gasteiger charge is -2.12. The Labute approximate surface area is 158 Å². The summed E-state index contributed by atoms with van der Waals surface area (Å²) < 4.78 is 4.76. The summed E-state index contributed by atoms with van der Waals surface area (Å²) in [4.78, 5) is 20.6. The standard InChI is InChI=1S/C21H22N4O2/c1-13-8-14(2)10-18(9-13)25-20-12-19(22-15(3)23-20)24-17-7-5-6-16(11-17)21(26)27-4/h5-12H,1-4H3,(H2,22,23,24,25). The van der Waals surface area contributed by atoms with Gasteiger partial charge >= 0.3 is 5.97 Å². The summed E-state index contributed by atoms with van der Waals surface area (Å²) in [5.41, 5.74) is 4.56. The number of anilines is 4. The van der Waals surface area contributed by atoms with Crippen LogP contribution < -0.4 is 10.6 Å². The predicted octanol–water partition coefficient (Wildman–Crippen LogP) is 4.68. The average Bonchev–Trinajstić information content (AvgIpc) is 2.59. The fraction of sp³-hybridized carbons (Fsp3) is 0.190. The zero-order chi connectivity index (χ0) is 19.4. The smallest absolute Gasteiger partial charge is 0.337 e. The van der Waals surface area contributed by atoms with Crippen LogP contribution >= 0.6 is 0 Å². The molecule has 0 atom stereocenters. The normalized spacial score (nSPS) is 10.4. The van der Waals surface area contributed by atoms with Gasteiger partial charge in [0.05, 0.1) is 12.7 Å². The molecule has 0 aliphatic rings. The first-order valence-electron chi connectivity index (χ1n) is 8.59. The maximum absolute atomic E-state index is 11.7. The molecule has 0 saturated carbocycles. The van der Waals surface area contributed by atoms with Crippen LogP contribution in [-0.2, 0) is 4.74 Å². The van der Waals surface area contributed by atoms with Gasteiger partial charge in [0.2, 0.25) is 0 Å². The van der Waals surface area contributed by atoms with E-state index in [0.717, 1.165) is 11.4 Å². The summed E-state index contributed by atoms with van der Waals surface area (Å²) in [6, 6.07) is 15.2. The van der Waals surface area contributed by atoms with Gasteiger partial charge in [0.25, 0.3) is 0 Å². The Balaban J connectivity index is 1.84. The van der Waals surface area contributed by atoms with Crippen molar-refractivity contribution in [3.05, 3.63) is 71.0 Å². The number of rotatable bonds is 5. The van der Waals surface area contributed by atoms with Gasteiger partial charge in [-0.1, -0.05) is 12.1 Å². The van der Waals surface area contributed by atoms with E-state index in [1.165, 1.54) is 18.2 Å². The summed E-state index contributed by atoms with van der Waals surface area (Å²) in [7, 11) is 1.36. The molecule has 0 bridgehead atoms. The molecule has 138 valence electrons. The molecule has 6 heteroatoms. The van der Waals surface area contributed by atoms with Crippen LogP contribution in [0.5, 0.6) is 0 Å². The molecule has 0 fully saturated rings. The fourth-order valence-electron chi connectivity index (χ4n) is 2.88. The number of aromatic nitrogens is 2. The third-order valence-electron chi connectivity index (χ3n) is 3.89. The van der Waals surface area contributed by atoms with E-state index in [2.05, 4.69) is 52.6 Å². The van der Waals surface area contributed by atoms with Gasteiger partial charge in [0.15, 0.2) is 0 Å². The number of esters is 1. The first-order chi connectivity index (χ1) is 12.9. The molecule has 2 aromatic carbocycles. The summed E-state index contributed by atoms with van der Waals surface area (Å²) in [5, 5.41) is 6.54. The highest BCUT2D eigenvalue weighted by molar-refractivity contribution is 5.90. The van der Waals surface area contributed by atoms with Crippen LogP contribution in [0.25, 0.3) is 0 Å². The number of aryl methyl sites for hydroxylation is 3. The number of hydrogen-bond donors (Lipinski definition) is 2. The van der Waals surface area contributed by atoms with E-state index >= 15 is 0 Å². The van der Waals surface area contributed by atoms with Gasteiger partial charge in [-0.3, -0.25) is 0 Å². The highest BCUT2D eigenvalue weighted by Crippen LogP contribution is 2.22. The summed E-state index contributed by atoms with van der Waals surface area (Å²) >= 11 is 0. The predicted molar refractivity (Wildman–Crippen MR) is 107 cm³/mol. The molecule has 1 heterocycles. The van der Waals surface area contributed by atoms with Gasteiger partial charge in [-0.05, 0) is 62.2 Å². The molecule has 3 rings (SSSR count). The second-order valence-electron chi connectivity index (χ2n) is 6.38. The maximum atomic E-state index is 11.7. The van der Waals surface area contributed by atoms with Gasteiger partial charge in [0.1, 0.15) is 17.5 Å². The number of hydrogen-bond acceptors (Lipinski definition) is 6. The summed E-state index contributed by atoms with van der Waals surface area (Å²) in [5.74, 6) is 1.58. The number of nitrogens with one attached hydrogen (secondary N) is 2. The molecule has 2 N–H and O–H groups in total. The lowest BCUT2D eigenvalue weighted by molar-refractivity contribution is 0.0601. The highest BCUT2D eigenvalue weighted by atomic mass is 16.5. The monoisotopic (exact) mass is 362 g/mol. The summed E-state index contributed by atoms with van der Waals surface area (Å²) in [6.45, 7) is 5.96. The molecule has 0 spiro atoms. The van der Waals surface area contributed by atoms with Crippen molar-refractivity contribution in [2.45, 2.75) is 20.8 Å². The van der Waals surface area contributed by atoms with Crippen LogP contribution in [-0.4, -0.2) is 23.0 Å². The molecule has 3 aromatic rings. The molecule has 0 aliphatic heterocycles. The Hall–Kier alpha value is -3.41. The second kappa shape index (κ2) is 7.86. The second-order valence-corrected chi connectivity index (χ2v) is 6.38. The van der Waals surface area contributed by atoms with E-state index in [0.29, 0.717) is 23.0 Å². The topological polar surface area (TPSA) is 76.1 Å². The average molecular weight is 362 g/mol. The lowest BCUT2D eigenvalue weighted by atomic mass is 10.1. The van der Waals surface area contributed by atoms with Gasteiger partial charge in [-0.2, -0.15) is 0 Å². The van der Waals surface area contributed by atoms with E-state index in [4.69, 9.17) is 4.74 Å². The van der Waals surface area contributed by atoms with Crippen molar-refractivity contribution in [3.63, 3.8) is 0 Å². The molecular weight excluding hydrogens is 340 g/mol. The minimum atomic E-state index is -0.380. The first-order valence-corrected chi connectivity index (χ1v) is 8.59. The zero-order valence-electron chi connectivity index (χ0n) is 15.8. The molecule has 6 nitrogen and oxygen atoms in total. The minimum Gasteiger partial charge on any atom is -0.465 e. The minimum absolute atomic E-state index is 0.380. The van der Waals surface area contributed by atoms with Crippen molar-refractivity contribution in [2.75, 3.05) is 17.7 Å². The molecule has 0 amide bonds. The molecule has 0 saturated heterocycles. The number of carbonyl (C=O) groups excluding carboxylic acids is 1. The fourth-order valence-corrected chi connectivity index (χ4v) is 2.88. The molecule has 0 unspecified atom stereocenters. The van der Waals surface area contributed by atoms with Crippen molar-refractivity contribution in [3.8, 4) is 0 Å². The van der Waals surface area contributed by atoms with Crippen LogP contribution in [0.15, 0.2) is 48.5 Å². The number of carbonyl (C=O) groups is 1. The molecule has 27 heavy (non-hydrogen) atoms. The van der Waals surface area contributed by atoms with Crippen molar-refractivity contribution in [2.24, 2.45) is 0 Å². The van der Waals surface area contributed by atoms with Crippen LogP contribution in [0.3, 0.4) is 0 Å². The van der Waals surface area contributed by atoms with Crippen LogP contribution in [0.1, 0.15) is 27.3 Å². The first kappa shape index (κ1) is 18.4. The third kappa shape index (κ3) is 4.82. The van der Waals surface area contributed by atoms with Crippen molar-refractivity contribution >= 4 is 29.0 Å². The van der Waals surface area contributed by atoms with Crippen LogP contribution in [0.2, 0.25) is 0 Å². The number of nitrogens with zero attached hydrogens (tertiary/aromatic N) is 2.